The molecule has 1 saturated carbocycles. The molecule has 0 radical (unpaired) electrons. The van der Waals surface area contributed by atoms with E-state index in [2.05, 4.69) is 0 Å². The maximum atomic E-state index is 12.1. The summed E-state index contributed by atoms with van der Waals surface area (Å²) in [5.41, 5.74) is 1.07. The van der Waals surface area contributed by atoms with Crippen molar-refractivity contribution < 1.29 is 34.5 Å². The Morgan fingerprint density at radius 3 is 2.15 bits per heavy atom. The highest BCUT2D eigenvalue weighted by Crippen LogP contribution is 2.46. The molecule has 9 heteroatoms. The van der Waals surface area contributed by atoms with Crippen LogP contribution >= 0.6 is 0 Å². The highest BCUT2D eigenvalue weighted by Gasteiger charge is 2.57. The smallest absolute Gasteiger partial charge is 0.250 e. The molecular formula is C25H27NO8. The number of fused-ring (bicyclic) bond motifs is 1. The van der Waals surface area contributed by atoms with Gasteiger partial charge in [-0.1, -0.05) is 54.6 Å². The van der Waals surface area contributed by atoms with Crippen molar-refractivity contribution in [2.75, 3.05) is 14.2 Å². The first kappa shape index (κ1) is 23.9. The number of aliphatic hydroxyl groups excluding tert-OH is 3. The van der Waals surface area contributed by atoms with E-state index < -0.39 is 41.3 Å². The first-order chi connectivity index (χ1) is 16.4. The zero-order valence-electron chi connectivity index (χ0n) is 18.8. The highest BCUT2D eigenvalue weighted by molar-refractivity contribution is 5.94. The summed E-state index contributed by atoms with van der Waals surface area (Å²) >= 11 is 0. The molecule has 0 spiro atoms. The SMILES string of the molecule is COc1cc([C@@H]2[C@@H](O)[C@H](OCc3ccccc3)[C@@H](O)[C@@H](O)[C@H]2[N+](=O)[O-])c(OC)c2ccccc12. The Balaban J connectivity index is 1.82. The summed E-state index contributed by atoms with van der Waals surface area (Å²) in [6, 6.07) is 16.2. The molecule has 0 saturated heterocycles. The van der Waals surface area contributed by atoms with Crippen LogP contribution in [0.4, 0.5) is 0 Å². The third-order valence-electron chi connectivity index (χ3n) is 6.41. The van der Waals surface area contributed by atoms with Crippen molar-refractivity contribution >= 4 is 10.8 Å². The second kappa shape index (κ2) is 9.94. The lowest BCUT2D eigenvalue weighted by molar-refractivity contribution is -0.549. The third-order valence-corrected chi connectivity index (χ3v) is 6.41. The summed E-state index contributed by atoms with van der Waals surface area (Å²) in [6.07, 6.45) is -6.25. The number of hydrogen-bond donors (Lipinski definition) is 3. The van der Waals surface area contributed by atoms with E-state index in [0.717, 1.165) is 10.9 Å². The molecule has 3 aromatic carbocycles. The molecule has 6 atom stereocenters. The van der Waals surface area contributed by atoms with Crippen LogP contribution in [0.25, 0.3) is 10.8 Å². The van der Waals surface area contributed by atoms with E-state index in [1.165, 1.54) is 14.2 Å². The Bertz CT molecular complexity index is 1150. The summed E-state index contributed by atoms with van der Waals surface area (Å²) in [5.74, 6) is -0.497. The van der Waals surface area contributed by atoms with Gasteiger partial charge in [-0.15, -0.1) is 0 Å². The molecular weight excluding hydrogens is 442 g/mol. The zero-order chi connectivity index (χ0) is 24.4. The summed E-state index contributed by atoms with van der Waals surface area (Å²) in [7, 11) is 2.91. The van der Waals surface area contributed by atoms with Crippen LogP contribution in [0.1, 0.15) is 17.0 Å². The summed E-state index contributed by atoms with van der Waals surface area (Å²) in [4.78, 5) is 11.4. The number of hydrogen-bond acceptors (Lipinski definition) is 8. The molecule has 0 heterocycles. The number of aliphatic hydroxyl groups is 3. The third kappa shape index (κ3) is 4.19. The molecule has 34 heavy (non-hydrogen) atoms. The fourth-order valence-electron chi connectivity index (χ4n) is 4.79. The molecule has 1 aliphatic carbocycles. The average molecular weight is 469 g/mol. The normalized spacial score (nSPS) is 26.9. The number of ether oxygens (including phenoxy) is 3. The Kier molecular flexibility index (Phi) is 6.99. The number of benzene rings is 3. The molecule has 180 valence electrons. The van der Waals surface area contributed by atoms with E-state index >= 15 is 0 Å². The predicted octanol–water partition coefficient (Wildman–Crippen LogP) is 2.27. The fraction of sp³-hybridized carbons (Fsp3) is 0.360. The van der Waals surface area contributed by atoms with Crippen LogP contribution in [0, 0.1) is 10.1 Å². The average Bonchev–Trinajstić information content (AvgIpc) is 2.85. The molecule has 0 aliphatic heterocycles. The minimum Gasteiger partial charge on any atom is -0.496 e. The fourth-order valence-corrected chi connectivity index (χ4v) is 4.79. The zero-order valence-corrected chi connectivity index (χ0v) is 18.8. The van der Waals surface area contributed by atoms with Crippen LogP contribution in [-0.4, -0.2) is 64.9 Å². The summed E-state index contributed by atoms with van der Waals surface area (Å²) in [6.45, 7) is 0.0420. The van der Waals surface area contributed by atoms with Gasteiger partial charge < -0.3 is 29.5 Å². The predicted molar refractivity (Wildman–Crippen MR) is 124 cm³/mol. The quantitative estimate of drug-likeness (QED) is 0.355. The van der Waals surface area contributed by atoms with Gasteiger partial charge in [0.15, 0.2) is 6.10 Å². The maximum Gasteiger partial charge on any atom is 0.250 e. The molecule has 0 unspecified atom stereocenters. The van der Waals surface area contributed by atoms with Crippen molar-refractivity contribution in [3.8, 4) is 11.5 Å². The molecule has 0 aromatic heterocycles. The molecule has 3 aromatic rings. The van der Waals surface area contributed by atoms with Gasteiger partial charge in [-0.3, -0.25) is 10.1 Å². The number of nitrogens with zero attached hydrogens (tertiary/aromatic N) is 1. The van der Waals surface area contributed by atoms with Gasteiger partial charge in [0, 0.05) is 21.3 Å². The standard InChI is InChI=1S/C25H27NO8/c1-32-18-12-17(24(33-2)16-11-7-6-10-15(16)18)19-20(26(30)31)22(28)23(29)25(21(19)27)34-13-14-8-4-3-5-9-14/h3-12,19-23,25,27-29H,13H2,1-2H3/t19-,20-,21+,22-,23-,25-/m0/s1. The lowest BCUT2D eigenvalue weighted by atomic mass is 9.73. The van der Waals surface area contributed by atoms with Crippen LogP contribution in [0.5, 0.6) is 11.5 Å². The first-order valence-electron chi connectivity index (χ1n) is 10.9. The first-order valence-corrected chi connectivity index (χ1v) is 10.9. The molecule has 3 N–H and O–H groups in total. The monoisotopic (exact) mass is 469 g/mol. The summed E-state index contributed by atoms with van der Waals surface area (Å²) < 4.78 is 17.0. The largest absolute Gasteiger partial charge is 0.496 e. The lowest BCUT2D eigenvalue weighted by Gasteiger charge is -2.42. The van der Waals surface area contributed by atoms with Crippen LogP contribution < -0.4 is 9.47 Å². The molecule has 0 bridgehead atoms. The Morgan fingerprint density at radius 1 is 0.882 bits per heavy atom. The van der Waals surface area contributed by atoms with Gasteiger partial charge in [0.25, 0.3) is 6.04 Å². The van der Waals surface area contributed by atoms with Crippen molar-refractivity contribution in [3.63, 3.8) is 0 Å². The van der Waals surface area contributed by atoms with Gasteiger partial charge in [0.05, 0.1) is 32.8 Å². The van der Waals surface area contributed by atoms with E-state index in [1.807, 2.05) is 42.5 Å². The van der Waals surface area contributed by atoms with Crippen LogP contribution in [0.15, 0.2) is 60.7 Å². The van der Waals surface area contributed by atoms with Crippen molar-refractivity contribution in [1.29, 1.82) is 0 Å². The van der Waals surface area contributed by atoms with Crippen molar-refractivity contribution in [2.45, 2.75) is 43.0 Å². The van der Waals surface area contributed by atoms with Gasteiger partial charge in [-0.2, -0.15) is 0 Å². The highest BCUT2D eigenvalue weighted by atomic mass is 16.6. The number of methoxy groups -OCH3 is 2. The van der Waals surface area contributed by atoms with E-state index in [0.29, 0.717) is 16.9 Å². The minimum absolute atomic E-state index is 0.0420. The van der Waals surface area contributed by atoms with Gasteiger partial charge in [-0.25, -0.2) is 0 Å². The molecule has 1 aliphatic rings. The van der Waals surface area contributed by atoms with E-state index in [1.54, 1.807) is 18.2 Å². The topological polar surface area (TPSA) is 132 Å². The van der Waals surface area contributed by atoms with E-state index in [9.17, 15) is 25.4 Å². The van der Waals surface area contributed by atoms with Crippen LogP contribution in [0.3, 0.4) is 0 Å². The van der Waals surface area contributed by atoms with E-state index in [-0.39, 0.29) is 12.2 Å². The second-order valence-electron chi connectivity index (χ2n) is 8.28. The van der Waals surface area contributed by atoms with Gasteiger partial charge in [-0.05, 0) is 11.6 Å². The molecule has 4 rings (SSSR count). The molecule has 1 fully saturated rings. The lowest BCUT2D eigenvalue weighted by Crippen LogP contribution is -2.62. The van der Waals surface area contributed by atoms with Crippen molar-refractivity contribution in [3.05, 3.63) is 81.9 Å². The number of rotatable bonds is 7. The van der Waals surface area contributed by atoms with Crippen molar-refractivity contribution in [2.24, 2.45) is 0 Å². The van der Waals surface area contributed by atoms with Crippen molar-refractivity contribution in [1.82, 2.24) is 0 Å². The van der Waals surface area contributed by atoms with Gasteiger partial charge in [0.2, 0.25) is 0 Å². The second-order valence-corrected chi connectivity index (χ2v) is 8.28. The van der Waals surface area contributed by atoms with Crippen LogP contribution in [0.2, 0.25) is 0 Å². The minimum atomic E-state index is -1.79. The Labute approximate surface area is 196 Å². The maximum absolute atomic E-state index is 12.1. The number of nitro groups is 1. The Hall–Kier alpha value is -3.24. The van der Waals surface area contributed by atoms with E-state index in [4.69, 9.17) is 14.2 Å². The molecule has 0 amide bonds. The molecule has 9 nitrogen and oxygen atoms in total. The van der Waals surface area contributed by atoms with Crippen LogP contribution in [-0.2, 0) is 11.3 Å². The van der Waals surface area contributed by atoms with Gasteiger partial charge >= 0.3 is 0 Å². The van der Waals surface area contributed by atoms with Gasteiger partial charge in [0.1, 0.15) is 23.7 Å². The summed E-state index contributed by atoms with van der Waals surface area (Å²) in [5, 5.41) is 46.2. The Morgan fingerprint density at radius 2 is 1.53 bits per heavy atom.